The number of Topliss-reactive ketones (excluding diaryl/α,β-unsaturated/α-hetero) is 1. The van der Waals surface area contributed by atoms with Crippen molar-refractivity contribution in [3.8, 4) is 0 Å². The zero-order chi connectivity index (χ0) is 23.0. The number of rotatable bonds is 6. The number of anilines is 1. The minimum Gasteiger partial charge on any atom is -0.454 e. The van der Waals surface area contributed by atoms with Crippen molar-refractivity contribution in [2.24, 2.45) is 0 Å². The highest BCUT2D eigenvalue weighted by Gasteiger charge is 2.39. The first-order valence-corrected chi connectivity index (χ1v) is 9.85. The lowest BCUT2D eigenvalue weighted by atomic mass is 10.1. The molecule has 0 saturated heterocycles. The van der Waals surface area contributed by atoms with Crippen molar-refractivity contribution in [3.63, 3.8) is 0 Å². The van der Waals surface area contributed by atoms with Gasteiger partial charge in [0, 0.05) is 17.7 Å². The minimum atomic E-state index is -0.892. The number of carbonyl (C=O) groups excluding carboxylic acids is 4. The number of benzene rings is 2. The summed E-state index contributed by atoms with van der Waals surface area (Å²) in [5.41, 5.74) is -0.176. The fourth-order valence-corrected chi connectivity index (χ4v) is 3.69. The average molecular weight is 452 g/mol. The molecule has 2 aromatic carbocycles. The number of non-ortho nitro benzene ring substituents is 1. The standard InChI is InChI=1S/C20H12N4O7S/c1-10-21-22-20(32-10)23-17(26)14-6-5-12(8-15(14)18(23)27)19(28)31-9-16(25)11-3-2-4-13(7-11)24(29)30/h2-8H,9H2,1H3. The van der Waals surface area contributed by atoms with Crippen LogP contribution in [0.1, 0.15) is 46.4 Å². The van der Waals surface area contributed by atoms with Crippen LogP contribution in [0.25, 0.3) is 0 Å². The number of hydrogen-bond donors (Lipinski definition) is 0. The summed E-state index contributed by atoms with van der Waals surface area (Å²) in [5.74, 6) is -2.75. The highest BCUT2D eigenvalue weighted by molar-refractivity contribution is 7.15. The van der Waals surface area contributed by atoms with E-state index in [1.807, 2.05) is 0 Å². The first kappa shape index (κ1) is 20.9. The number of nitro benzene ring substituents is 1. The number of nitro groups is 1. The fourth-order valence-electron chi connectivity index (χ4n) is 3.01. The van der Waals surface area contributed by atoms with Gasteiger partial charge < -0.3 is 4.74 Å². The summed E-state index contributed by atoms with van der Waals surface area (Å²) >= 11 is 1.08. The van der Waals surface area contributed by atoms with E-state index in [2.05, 4.69) is 10.2 Å². The molecule has 4 rings (SSSR count). The molecule has 32 heavy (non-hydrogen) atoms. The van der Waals surface area contributed by atoms with E-state index in [0.717, 1.165) is 22.3 Å². The number of esters is 1. The summed E-state index contributed by atoms with van der Waals surface area (Å²) in [6.07, 6.45) is 0. The monoisotopic (exact) mass is 452 g/mol. The Hall–Kier alpha value is -4.32. The van der Waals surface area contributed by atoms with Gasteiger partial charge in [0.1, 0.15) is 5.01 Å². The molecule has 1 aliphatic rings. The van der Waals surface area contributed by atoms with Gasteiger partial charge in [-0.1, -0.05) is 23.5 Å². The van der Waals surface area contributed by atoms with Gasteiger partial charge in [-0.25, -0.2) is 9.69 Å². The van der Waals surface area contributed by atoms with Crippen LogP contribution in [0.2, 0.25) is 0 Å². The second kappa shape index (κ2) is 8.07. The summed E-state index contributed by atoms with van der Waals surface area (Å²) in [6.45, 7) is 1.03. The second-order valence-corrected chi connectivity index (χ2v) is 7.78. The van der Waals surface area contributed by atoms with Crippen molar-refractivity contribution >= 4 is 45.7 Å². The highest BCUT2D eigenvalue weighted by atomic mass is 32.1. The van der Waals surface area contributed by atoms with Crippen LogP contribution < -0.4 is 4.90 Å². The van der Waals surface area contributed by atoms with Crippen molar-refractivity contribution < 1.29 is 28.8 Å². The third-order valence-electron chi connectivity index (χ3n) is 4.54. The molecule has 0 unspecified atom stereocenters. The Morgan fingerprint density at radius 2 is 1.81 bits per heavy atom. The number of ether oxygens (including phenoxy) is 1. The van der Waals surface area contributed by atoms with Gasteiger partial charge >= 0.3 is 5.97 Å². The van der Waals surface area contributed by atoms with Gasteiger partial charge in [0.25, 0.3) is 17.5 Å². The smallest absolute Gasteiger partial charge is 0.338 e. The molecule has 1 aliphatic heterocycles. The zero-order valence-corrected chi connectivity index (χ0v) is 17.1. The first-order valence-electron chi connectivity index (χ1n) is 9.04. The van der Waals surface area contributed by atoms with E-state index < -0.39 is 35.1 Å². The number of nitrogens with zero attached hydrogens (tertiary/aromatic N) is 4. The number of hydrogen-bond acceptors (Lipinski definition) is 10. The Labute approximate surface area is 183 Å². The van der Waals surface area contributed by atoms with E-state index in [9.17, 15) is 29.3 Å². The molecule has 160 valence electrons. The number of amides is 2. The summed E-state index contributed by atoms with van der Waals surface area (Å²) in [5, 5.41) is 19.1. The predicted octanol–water partition coefficient (Wildman–Crippen LogP) is 2.60. The Morgan fingerprint density at radius 3 is 2.50 bits per heavy atom. The largest absolute Gasteiger partial charge is 0.454 e. The molecule has 2 heterocycles. The third-order valence-corrected chi connectivity index (χ3v) is 5.37. The van der Waals surface area contributed by atoms with Crippen LogP contribution in [0.5, 0.6) is 0 Å². The quantitative estimate of drug-likeness (QED) is 0.181. The lowest BCUT2D eigenvalue weighted by Crippen LogP contribution is -2.29. The van der Waals surface area contributed by atoms with Crippen LogP contribution in [-0.4, -0.2) is 45.3 Å². The lowest BCUT2D eigenvalue weighted by molar-refractivity contribution is -0.384. The van der Waals surface area contributed by atoms with Crippen molar-refractivity contribution in [3.05, 3.63) is 79.8 Å². The van der Waals surface area contributed by atoms with E-state index >= 15 is 0 Å². The van der Waals surface area contributed by atoms with Crippen molar-refractivity contribution in [1.82, 2.24) is 10.2 Å². The predicted molar refractivity (Wildman–Crippen MR) is 110 cm³/mol. The van der Waals surface area contributed by atoms with Crippen molar-refractivity contribution in [1.29, 1.82) is 0 Å². The Balaban J connectivity index is 1.49. The number of carbonyl (C=O) groups is 4. The molecule has 3 aromatic rings. The van der Waals surface area contributed by atoms with Gasteiger partial charge in [0.2, 0.25) is 10.9 Å². The minimum absolute atomic E-state index is 0.00214. The van der Waals surface area contributed by atoms with Crippen LogP contribution in [-0.2, 0) is 4.74 Å². The van der Waals surface area contributed by atoms with Crippen molar-refractivity contribution in [2.45, 2.75) is 6.92 Å². The molecular weight excluding hydrogens is 440 g/mol. The first-order chi connectivity index (χ1) is 15.3. The maximum absolute atomic E-state index is 12.7. The van der Waals surface area contributed by atoms with Crippen LogP contribution in [0.3, 0.4) is 0 Å². The van der Waals surface area contributed by atoms with Gasteiger partial charge in [0.05, 0.1) is 21.6 Å². The number of imide groups is 1. The summed E-state index contributed by atoms with van der Waals surface area (Å²) < 4.78 is 4.99. The highest BCUT2D eigenvalue weighted by Crippen LogP contribution is 2.31. The molecule has 0 N–H and O–H groups in total. The van der Waals surface area contributed by atoms with Crippen LogP contribution in [0.4, 0.5) is 10.8 Å². The second-order valence-electron chi connectivity index (χ2n) is 6.62. The SMILES string of the molecule is Cc1nnc(N2C(=O)c3ccc(C(=O)OCC(=O)c4cccc([N+](=O)[O-])c4)cc3C2=O)s1. The maximum atomic E-state index is 12.7. The van der Waals surface area contributed by atoms with Crippen LogP contribution in [0.15, 0.2) is 42.5 Å². The molecule has 1 aromatic heterocycles. The van der Waals surface area contributed by atoms with E-state index in [4.69, 9.17) is 4.74 Å². The maximum Gasteiger partial charge on any atom is 0.338 e. The topological polar surface area (TPSA) is 150 Å². The van der Waals surface area contributed by atoms with E-state index in [0.29, 0.717) is 5.01 Å². The molecule has 0 atom stereocenters. The Morgan fingerprint density at radius 1 is 1.06 bits per heavy atom. The average Bonchev–Trinajstić information content (AvgIpc) is 3.32. The third kappa shape index (κ3) is 3.74. The van der Waals surface area contributed by atoms with Crippen LogP contribution >= 0.6 is 11.3 Å². The number of aromatic nitrogens is 2. The normalized spacial score (nSPS) is 12.6. The molecule has 0 radical (unpaired) electrons. The molecule has 2 amide bonds. The van der Waals surface area contributed by atoms with Gasteiger partial charge in [0.15, 0.2) is 6.61 Å². The lowest BCUT2D eigenvalue weighted by Gasteiger charge is -2.07. The van der Waals surface area contributed by atoms with Gasteiger partial charge in [-0.2, -0.15) is 0 Å². The fraction of sp³-hybridized carbons (Fsp3) is 0.100. The summed E-state index contributed by atoms with van der Waals surface area (Å²) in [4.78, 5) is 61.0. The van der Waals surface area contributed by atoms with E-state index in [-0.39, 0.29) is 33.1 Å². The van der Waals surface area contributed by atoms with Crippen LogP contribution in [0, 0.1) is 17.0 Å². The molecule has 0 spiro atoms. The number of aryl methyl sites for hydroxylation is 1. The Bertz CT molecular complexity index is 1320. The van der Waals surface area contributed by atoms with Gasteiger partial charge in [-0.15, -0.1) is 10.2 Å². The molecule has 11 nitrogen and oxygen atoms in total. The molecule has 0 saturated carbocycles. The van der Waals surface area contributed by atoms with E-state index in [1.54, 1.807) is 6.92 Å². The summed E-state index contributed by atoms with van der Waals surface area (Å²) in [7, 11) is 0. The van der Waals surface area contributed by atoms with Gasteiger partial charge in [-0.3, -0.25) is 24.5 Å². The molecule has 0 fully saturated rings. The number of ketones is 1. The van der Waals surface area contributed by atoms with Crippen molar-refractivity contribution in [2.75, 3.05) is 11.5 Å². The molecule has 12 heteroatoms. The van der Waals surface area contributed by atoms with Gasteiger partial charge in [-0.05, 0) is 25.1 Å². The Kier molecular flexibility index (Phi) is 5.28. The molecular formula is C20H12N4O7S. The van der Waals surface area contributed by atoms with E-state index in [1.165, 1.54) is 36.4 Å². The molecule has 0 aliphatic carbocycles. The zero-order valence-electron chi connectivity index (χ0n) is 16.3. The number of fused-ring (bicyclic) bond motifs is 1. The summed E-state index contributed by atoms with van der Waals surface area (Å²) in [6, 6.07) is 8.87. The molecule has 0 bridgehead atoms.